The number of piperazine rings is 1. The second-order valence-electron chi connectivity index (χ2n) is 7.73. The average Bonchev–Trinajstić information content (AvgIpc) is 2.83. The van der Waals surface area contributed by atoms with Crippen LogP contribution in [0.15, 0.2) is 48.8 Å². The Morgan fingerprint density at radius 1 is 0.938 bits per heavy atom. The molecule has 3 aromatic rings. The quantitative estimate of drug-likeness (QED) is 0.573. The minimum absolute atomic E-state index is 0.0971. The highest BCUT2D eigenvalue weighted by Crippen LogP contribution is 2.23. The van der Waals surface area contributed by atoms with Gasteiger partial charge in [-0.3, -0.25) is 4.90 Å². The summed E-state index contributed by atoms with van der Waals surface area (Å²) in [5.41, 5.74) is 1.92. The molecule has 8 heteroatoms. The van der Waals surface area contributed by atoms with Gasteiger partial charge in [0.1, 0.15) is 11.6 Å². The molecule has 4 rings (SSSR count). The molecule has 1 aliphatic rings. The molecule has 168 valence electrons. The molecule has 0 spiro atoms. The standard InChI is InChI=1S/C24H29FN6O/c1-3-30-11-13-31(14-12-30)17-18-5-10-22(26-15-18)28-24-21(25)16-27-23(29-24)19-6-8-20(9-7-19)32-4-2/h5-10,15-16H,3-4,11-14,17H2,1-2H3,(H,26,27,28,29). The Morgan fingerprint density at radius 2 is 1.69 bits per heavy atom. The van der Waals surface area contributed by atoms with Gasteiger partial charge < -0.3 is 15.0 Å². The van der Waals surface area contributed by atoms with E-state index in [1.54, 1.807) is 0 Å². The van der Waals surface area contributed by atoms with Crippen molar-refractivity contribution in [2.24, 2.45) is 0 Å². The lowest BCUT2D eigenvalue weighted by Gasteiger charge is -2.33. The Morgan fingerprint density at radius 3 is 2.34 bits per heavy atom. The van der Waals surface area contributed by atoms with Crippen molar-refractivity contribution in [3.63, 3.8) is 0 Å². The summed E-state index contributed by atoms with van der Waals surface area (Å²) in [5.74, 6) is 1.31. The zero-order valence-electron chi connectivity index (χ0n) is 18.6. The van der Waals surface area contributed by atoms with Gasteiger partial charge >= 0.3 is 0 Å². The van der Waals surface area contributed by atoms with E-state index in [0.29, 0.717) is 18.2 Å². The molecule has 0 amide bonds. The summed E-state index contributed by atoms with van der Waals surface area (Å²) >= 11 is 0. The van der Waals surface area contributed by atoms with E-state index >= 15 is 0 Å². The van der Waals surface area contributed by atoms with E-state index in [0.717, 1.165) is 56.1 Å². The SMILES string of the molecule is CCOc1ccc(-c2ncc(F)c(Nc3ccc(CN4CCN(CC)CC4)cn3)n2)cc1. The monoisotopic (exact) mass is 436 g/mol. The summed E-state index contributed by atoms with van der Waals surface area (Å²) in [6.07, 6.45) is 3.01. The van der Waals surface area contributed by atoms with E-state index in [4.69, 9.17) is 4.74 Å². The van der Waals surface area contributed by atoms with Gasteiger partial charge in [0.2, 0.25) is 0 Å². The van der Waals surface area contributed by atoms with Crippen LogP contribution in [-0.2, 0) is 6.54 Å². The third-order valence-corrected chi connectivity index (χ3v) is 5.56. The van der Waals surface area contributed by atoms with Gasteiger partial charge in [0, 0.05) is 44.5 Å². The van der Waals surface area contributed by atoms with E-state index in [1.807, 2.05) is 49.5 Å². The summed E-state index contributed by atoms with van der Waals surface area (Å²) in [6.45, 7) is 11.0. The van der Waals surface area contributed by atoms with Crippen molar-refractivity contribution in [3.05, 3.63) is 60.2 Å². The number of hydrogen-bond donors (Lipinski definition) is 1. The van der Waals surface area contributed by atoms with E-state index in [2.05, 4.69) is 37.0 Å². The fourth-order valence-corrected chi connectivity index (χ4v) is 3.70. The normalized spacial score (nSPS) is 15.0. The lowest BCUT2D eigenvalue weighted by atomic mass is 10.2. The highest BCUT2D eigenvalue weighted by Gasteiger charge is 2.16. The van der Waals surface area contributed by atoms with Crippen molar-refractivity contribution in [3.8, 4) is 17.1 Å². The molecule has 32 heavy (non-hydrogen) atoms. The molecule has 0 unspecified atom stereocenters. The first kappa shape index (κ1) is 22.1. The summed E-state index contributed by atoms with van der Waals surface area (Å²) in [5, 5.41) is 2.98. The van der Waals surface area contributed by atoms with Crippen LogP contribution in [0.5, 0.6) is 5.75 Å². The van der Waals surface area contributed by atoms with Crippen LogP contribution >= 0.6 is 0 Å². The lowest BCUT2D eigenvalue weighted by Crippen LogP contribution is -2.45. The van der Waals surface area contributed by atoms with E-state index in [1.165, 1.54) is 6.20 Å². The number of likely N-dealkylation sites (N-methyl/N-ethyl adjacent to an activating group) is 1. The molecule has 1 fully saturated rings. The van der Waals surface area contributed by atoms with Crippen LogP contribution in [0.25, 0.3) is 11.4 Å². The highest BCUT2D eigenvalue weighted by molar-refractivity contribution is 5.60. The number of nitrogens with one attached hydrogen (secondary N) is 1. The molecule has 7 nitrogen and oxygen atoms in total. The first-order valence-corrected chi connectivity index (χ1v) is 11.1. The van der Waals surface area contributed by atoms with Crippen molar-refractivity contribution in [2.75, 3.05) is 44.6 Å². The number of halogens is 1. The predicted octanol–water partition coefficient (Wildman–Crippen LogP) is 3.96. The minimum atomic E-state index is -0.528. The van der Waals surface area contributed by atoms with Crippen molar-refractivity contribution in [1.82, 2.24) is 24.8 Å². The number of nitrogens with zero attached hydrogens (tertiary/aromatic N) is 5. The van der Waals surface area contributed by atoms with E-state index in [9.17, 15) is 4.39 Å². The maximum atomic E-state index is 14.3. The Hall–Kier alpha value is -3.10. The minimum Gasteiger partial charge on any atom is -0.494 e. The van der Waals surface area contributed by atoms with Crippen LogP contribution in [0.2, 0.25) is 0 Å². The number of anilines is 2. The third-order valence-electron chi connectivity index (χ3n) is 5.56. The van der Waals surface area contributed by atoms with Crippen LogP contribution < -0.4 is 10.1 Å². The van der Waals surface area contributed by atoms with Crippen LogP contribution in [0.1, 0.15) is 19.4 Å². The number of rotatable bonds is 8. The first-order chi connectivity index (χ1) is 15.6. The fourth-order valence-electron chi connectivity index (χ4n) is 3.70. The van der Waals surface area contributed by atoms with Gasteiger partial charge in [-0.25, -0.2) is 19.3 Å². The molecule has 3 heterocycles. The summed E-state index contributed by atoms with van der Waals surface area (Å²) < 4.78 is 19.8. The Bertz CT molecular complexity index is 1000. The van der Waals surface area contributed by atoms with Gasteiger partial charge in [-0.15, -0.1) is 0 Å². The predicted molar refractivity (Wildman–Crippen MR) is 124 cm³/mol. The first-order valence-electron chi connectivity index (χ1n) is 11.1. The average molecular weight is 437 g/mol. The molecular weight excluding hydrogens is 407 g/mol. The Labute approximate surface area is 188 Å². The van der Waals surface area contributed by atoms with Gasteiger partial charge in [0.25, 0.3) is 0 Å². The molecule has 1 aromatic carbocycles. The number of benzene rings is 1. The second kappa shape index (κ2) is 10.5. The molecule has 1 N–H and O–H groups in total. The third kappa shape index (κ3) is 5.57. The largest absolute Gasteiger partial charge is 0.494 e. The van der Waals surface area contributed by atoms with Crippen molar-refractivity contribution in [2.45, 2.75) is 20.4 Å². The van der Waals surface area contributed by atoms with Gasteiger partial charge in [-0.05, 0) is 49.4 Å². The smallest absolute Gasteiger partial charge is 0.184 e. The number of aromatic nitrogens is 3. The zero-order chi connectivity index (χ0) is 22.3. The number of ether oxygens (including phenoxy) is 1. The van der Waals surface area contributed by atoms with Crippen LogP contribution in [0.4, 0.5) is 16.0 Å². The van der Waals surface area contributed by atoms with E-state index < -0.39 is 5.82 Å². The van der Waals surface area contributed by atoms with Crippen LogP contribution in [0.3, 0.4) is 0 Å². The maximum Gasteiger partial charge on any atom is 0.184 e. The van der Waals surface area contributed by atoms with Crippen molar-refractivity contribution < 1.29 is 9.13 Å². The van der Waals surface area contributed by atoms with Crippen LogP contribution in [-0.4, -0.2) is 64.1 Å². The number of hydrogen-bond acceptors (Lipinski definition) is 7. The van der Waals surface area contributed by atoms with Gasteiger partial charge in [-0.1, -0.05) is 13.0 Å². The fraction of sp³-hybridized carbons (Fsp3) is 0.375. The lowest BCUT2D eigenvalue weighted by molar-refractivity contribution is 0.132. The molecule has 0 aliphatic carbocycles. The molecule has 2 aromatic heterocycles. The number of pyridine rings is 1. The van der Waals surface area contributed by atoms with Gasteiger partial charge in [0.15, 0.2) is 17.5 Å². The maximum absolute atomic E-state index is 14.3. The molecule has 1 aliphatic heterocycles. The van der Waals surface area contributed by atoms with E-state index in [-0.39, 0.29) is 5.82 Å². The molecule has 0 saturated carbocycles. The summed E-state index contributed by atoms with van der Waals surface area (Å²) in [6, 6.07) is 11.3. The molecule has 1 saturated heterocycles. The Balaban J connectivity index is 1.41. The van der Waals surface area contributed by atoms with Gasteiger partial charge in [-0.2, -0.15) is 0 Å². The second-order valence-corrected chi connectivity index (χ2v) is 7.73. The van der Waals surface area contributed by atoms with Crippen molar-refractivity contribution in [1.29, 1.82) is 0 Å². The molecule has 0 bridgehead atoms. The molecule has 0 radical (unpaired) electrons. The van der Waals surface area contributed by atoms with Gasteiger partial charge in [0.05, 0.1) is 12.8 Å². The summed E-state index contributed by atoms with van der Waals surface area (Å²) in [7, 11) is 0. The highest BCUT2D eigenvalue weighted by atomic mass is 19.1. The Kier molecular flexibility index (Phi) is 7.24. The summed E-state index contributed by atoms with van der Waals surface area (Å²) in [4.78, 5) is 17.8. The zero-order valence-corrected chi connectivity index (χ0v) is 18.6. The molecule has 0 atom stereocenters. The molecular formula is C24H29FN6O. The van der Waals surface area contributed by atoms with Crippen LogP contribution in [0, 0.1) is 5.82 Å². The topological polar surface area (TPSA) is 66.4 Å². The van der Waals surface area contributed by atoms with Crippen molar-refractivity contribution >= 4 is 11.6 Å².